The molecule has 0 N–H and O–H groups in total. The first-order valence-corrected chi connectivity index (χ1v) is 5.48. The predicted molar refractivity (Wildman–Crippen MR) is 56.5 cm³/mol. The van der Waals surface area contributed by atoms with E-state index in [1.54, 1.807) is 0 Å². The van der Waals surface area contributed by atoms with Crippen molar-refractivity contribution in [2.75, 3.05) is 6.61 Å². The van der Waals surface area contributed by atoms with E-state index in [2.05, 4.69) is 6.58 Å². The Morgan fingerprint density at radius 3 is 2.94 bits per heavy atom. The van der Waals surface area contributed by atoms with Crippen LogP contribution in [0.25, 0.3) is 0 Å². The van der Waals surface area contributed by atoms with Gasteiger partial charge in [0.1, 0.15) is 11.5 Å². The van der Waals surface area contributed by atoms with Crippen LogP contribution in [0.4, 0.5) is 0 Å². The highest BCUT2D eigenvalue weighted by molar-refractivity contribution is 5.81. The van der Waals surface area contributed by atoms with Gasteiger partial charge in [-0.05, 0) is 19.8 Å². The summed E-state index contributed by atoms with van der Waals surface area (Å²) in [6.07, 6.45) is 1.06. The van der Waals surface area contributed by atoms with Gasteiger partial charge in [0.2, 0.25) is 0 Å². The summed E-state index contributed by atoms with van der Waals surface area (Å²) in [5.74, 6) is -0.639. The highest BCUT2D eigenvalue weighted by atomic mass is 16.6. The molecule has 0 bridgehead atoms. The second-order valence-corrected chi connectivity index (χ2v) is 4.73. The van der Waals surface area contributed by atoms with Gasteiger partial charge in [0.05, 0.1) is 6.61 Å². The average molecular weight is 224 g/mol. The third-order valence-corrected chi connectivity index (χ3v) is 3.74. The molecule has 4 heteroatoms. The summed E-state index contributed by atoms with van der Waals surface area (Å²) in [6, 6.07) is 0. The fourth-order valence-corrected chi connectivity index (χ4v) is 2.70. The zero-order valence-corrected chi connectivity index (χ0v) is 9.62. The van der Waals surface area contributed by atoms with Crippen molar-refractivity contribution in [3.8, 4) is 0 Å². The first-order chi connectivity index (χ1) is 7.46. The lowest BCUT2D eigenvalue weighted by Crippen LogP contribution is -2.47. The molecular formula is C12H16O4. The first-order valence-electron chi connectivity index (χ1n) is 5.48. The normalized spacial score (nSPS) is 37.9. The van der Waals surface area contributed by atoms with Crippen molar-refractivity contribution in [3.63, 3.8) is 0 Å². The topological polar surface area (TPSA) is 52.6 Å². The molecule has 0 amide bonds. The molecule has 3 atom stereocenters. The summed E-state index contributed by atoms with van der Waals surface area (Å²) < 4.78 is 10.3. The molecule has 16 heavy (non-hydrogen) atoms. The minimum absolute atomic E-state index is 0.0156. The Morgan fingerprint density at radius 1 is 1.62 bits per heavy atom. The molecule has 1 aliphatic heterocycles. The maximum atomic E-state index is 11.8. The van der Waals surface area contributed by atoms with Crippen LogP contribution in [0.5, 0.6) is 0 Å². The van der Waals surface area contributed by atoms with Gasteiger partial charge in [0.15, 0.2) is 0 Å². The van der Waals surface area contributed by atoms with Gasteiger partial charge in [-0.1, -0.05) is 12.2 Å². The smallest absolute Gasteiger partial charge is 0.316 e. The highest BCUT2D eigenvalue weighted by Crippen LogP contribution is 2.49. The number of ether oxygens (including phenoxy) is 2. The van der Waals surface area contributed by atoms with Gasteiger partial charge in [0, 0.05) is 12.8 Å². The maximum Gasteiger partial charge on any atom is 0.316 e. The van der Waals surface area contributed by atoms with Crippen LogP contribution in [-0.2, 0) is 19.1 Å². The van der Waals surface area contributed by atoms with Crippen LogP contribution in [0, 0.1) is 11.3 Å². The molecule has 0 aromatic heterocycles. The molecule has 2 fully saturated rings. The van der Waals surface area contributed by atoms with Crippen LogP contribution in [0.3, 0.4) is 0 Å². The molecular weight excluding hydrogens is 208 g/mol. The van der Waals surface area contributed by atoms with Crippen LogP contribution in [0.2, 0.25) is 0 Å². The van der Waals surface area contributed by atoms with E-state index in [9.17, 15) is 9.59 Å². The van der Waals surface area contributed by atoms with Crippen LogP contribution >= 0.6 is 0 Å². The predicted octanol–water partition coefficient (Wildman–Crippen LogP) is 1.45. The van der Waals surface area contributed by atoms with Gasteiger partial charge < -0.3 is 9.47 Å². The van der Waals surface area contributed by atoms with E-state index < -0.39 is 5.41 Å². The number of rotatable bonds is 1. The summed E-state index contributed by atoms with van der Waals surface area (Å²) in [7, 11) is 0. The summed E-state index contributed by atoms with van der Waals surface area (Å²) in [4.78, 5) is 22.8. The van der Waals surface area contributed by atoms with Gasteiger partial charge in [-0.2, -0.15) is 0 Å². The second kappa shape index (κ2) is 3.61. The third-order valence-electron chi connectivity index (χ3n) is 3.74. The van der Waals surface area contributed by atoms with Crippen molar-refractivity contribution < 1.29 is 19.1 Å². The molecule has 1 aliphatic carbocycles. The molecule has 88 valence electrons. The number of fused-ring (bicyclic) bond motifs is 1. The molecule has 0 radical (unpaired) electrons. The van der Waals surface area contributed by atoms with E-state index in [1.807, 2.05) is 6.92 Å². The van der Waals surface area contributed by atoms with E-state index in [0.717, 1.165) is 12.0 Å². The quantitative estimate of drug-likeness (QED) is 0.499. The Morgan fingerprint density at radius 2 is 2.31 bits per heavy atom. The molecule has 2 rings (SSSR count). The minimum atomic E-state index is -0.735. The fourth-order valence-electron chi connectivity index (χ4n) is 2.70. The van der Waals surface area contributed by atoms with Crippen molar-refractivity contribution >= 4 is 11.9 Å². The molecule has 1 heterocycles. The van der Waals surface area contributed by atoms with E-state index in [1.165, 1.54) is 6.92 Å². The molecule has 0 aromatic rings. The third kappa shape index (κ3) is 1.44. The molecule has 1 saturated heterocycles. The summed E-state index contributed by atoms with van der Waals surface area (Å²) >= 11 is 0. The number of esters is 2. The van der Waals surface area contributed by atoms with E-state index in [-0.39, 0.29) is 24.0 Å². The van der Waals surface area contributed by atoms with Crippen molar-refractivity contribution in [2.24, 2.45) is 11.3 Å². The van der Waals surface area contributed by atoms with Crippen LogP contribution in [-0.4, -0.2) is 24.6 Å². The van der Waals surface area contributed by atoms with Crippen molar-refractivity contribution in [3.05, 3.63) is 12.2 Å². The summed E-state index contributed by atoms with van der Waals surface area (Å²) in [5, 5.41) is 0. The number of hydrogen-bond acceptors (Lipinski definition) is 4. The van der Waals surface area contributed by atoms with Gasteiger partial charge in [-0.3, -0.25) is 9.59 Å². The summed E-state index contributed by atoms with van der Waals surface area (Å²) in [6.45, 7) is 7.52. The number of carbonyl (C=O) groups is 2. The fraction of sp³-hybridized carbons (Fsp3) is 0.667. The zero-order valence-electron chi connectivity index (χ0n) is 9.62. The number of hydrogen-bond donors (Lipinski definition) is 0. The Balaban J connectivity index is 2.30. The molecule has 0 aromatic carbocycles. The zero-order chi connectivity index (χ0) is 11.9. The molecule has 1 saturated carbocycles. The van der Waals surface area contributed by atoms with Crippen molar-refractivity contribution in [2.45, 2.75) is 32.8 Å². The Hall–Kier alpha value is -1.32. The van der Waals surface area contributed by atoms with E-state index in [0.29, 0.717) is 13.0 Å². The monoisotopic (exact) mass is 224 g/mol. The first kappa shape index (κ1) is 11.2. The van der Waals surface area contributed by atoms with Gasteiger partial charge >= 0.3 is 11.9 Å². The standard InChI is InChI=1S/C12H16O4/c1-7-4-5-10(16-8(2)13)12(3)9(7)6-15-11(12)14/h9-10H,1,4-6H2,2-3H3/t9-,10-,12-/m0/s1. The number of carbonyl (C=O) groups excluding carboxylic acids is 2. The Bertz CT molecular complexity index is 360. The Labute approximate surface area is 94.6 Å². The Kier molecular flexibility index (Phi) is 2.52. The lowest BCUT2D eigenvalue weighted by Gasteiger charge is -2.39. The van der Waals surface area contributed by atoms with E-state index in [4.69, 9.17) is 9.47 Å². The summed E-state index contributed by atoms with van der Waals surface area (Å²) in [5.41, 5.74) is 0.290. The van der Waals surface area contributed by atoms with Gasteiger partial charge in [-0.15, -0.1) is 0 Å². The average Bonchev–Trinajstić information content (AvgIpc) is 2.50. The van der Waals surface area contributed by atoms with Crippen molar-refractivity contribution in [1.29, 1.82) is 0 Å². The van der Waals surface area contributed by atoms with Crippen LogP contribution < -0.4 is 0 Å². The molecule has 0 spiro atoms. The van der Waals surface area contributed by atoms with Crippen molar-refractivity contribution in [1.82, 2.24) is 0 Å². The lowest BCUT2D eigenvalue weighted by molar-refractivity contribution is -0.165. The molecule has 4 nitrogen and oxygen atoms in total. The SMILES string of the molecule is C=C1CC[C@H](OC(C)=O)[C@@]2(C)C(=O)OC[C@@H]12. The van der Waals surface area contributed by atoms with Crippen LogP contribution in [0.1, 0.15) is 26.7 Å². The van der Waals surface area contributed by atoms with E-state index >= 15 is 0 Å². The highest BCUT2D eigenvalue weighted by Gasteiger charge is 2.58. The van der Waals surface area contributed by atoms with Gasteiger partial charge in [-0.25, -0.2) is 0 Å². The lowest BCUT2D eigenvalue weighted by atomic mass is 9.65. The minimum Gasteiger partial charge on any atom is -0.464 e. The molecule has 0 unspecified atom stereocenters. The largest absolute Gasteiger partial charge is 0.464 e. The second-order valence-electron chi connectivity index (χ2n) is 4.73. The van der Waals surface area contributed by atoms with Gasteiger partial charge in [0.25, 0.3) is 0 Å². The molecule has 2 aliphatic rings. The van der Waals surface area contributed by atoms with Crippen LogP contribution in [0.15, 0.2) is 12.2 Å². The number of cyclic esters (lactones) is 1. The maximum absolute atomic E-state index is 11.8.